The van der Waals surface area contributed by atoms with Crippen molar-refractivity contribution in [2.45, 2.75) is 19.9 Å². The summed E-state index contributed by atoms with van der Waals surface area (Å²) in [6, 6.07) is 3.87. The molecule has 3 aromatic heterocycles. The van der Waals surface area contributed by atoms with Gasteiger partial charge in [0.15, 0.2) is 0 Å². The van der Waals surface area contributed by atoms with Crippen LogP contribution in [0.5, 0.6) is 0 Å². The Morgan fingerprint density at radius 2 is 2.21 bits per heavy atom. The van der Waals surface area contributed by atoms with Crippen LogP contribution in [0.15, 0.2) is 27.7 Å². The number of aromatic amines is 1. The highest BCUT2D eigenvalue weighted by atomic mass is 32.1. The van der Waals surface area contributed by atoms with Gasteiger partial charge in [-0.05, 0) is 18.4 Å². The van der Waals surface area contributed by atoms with Crippen LogP contribution in [0.25, 0.3) is 20.7 Å². The number of fused-ring (bicyclic) bond motifs is 1. The van der Waals surface area contributed by atoms with E-state index in [9.17, 15) is 9.59 Å². The number of carbonyl (C=O) groups is 1. The number of thiophene rings is 2. The normalized spacial score (nSPS) is 12.4. The summed E-state index contributed by atoms with van der Waals surface area (Å²) in [5.74, 6) is 0.548. The highest BCUT2D eigenvalue weighted by molar-refractivity contribution is 7.18. The maximum absolute atomic E-state index is 12.5. The first kappa shape index (κ1) is 16.8. The first-order valence-electron chi connectivity index (χ1n) is 7.59. The zero-order chi connectivity index (χ0) is 17.1. The lowest BCUT2D eigenvalue weighted by atomic mass is 10.2. The topological polar surface area (TPSA) is 86.9 Å². The predicted molar refractivity (Wildman–Crippen MR) is 98.7 cm³/mol. The lowest BCUT2D eigenvalue weighted by Crippen LogP contribution is -2.32. The van der Waals surface area contributed by atoms with Crippen LogP contribution < -0.4 is 16.2 Å². The van der Waals surface area contributed by atoms with E-state index >= 15 is 0 Å². The van der Waals surface area contributed by atoms with Crippen molar-refractivity contribution < 1.29 is 4.79 Å². The third-order valence-corrected chi connectivity index (χ3v) is 5.38. The van der Waals surface area contributed by atoms with E-state index in [2.05, 4.69) is 20.6 Å². The van der Waals surface area contributed by atoms with Gasteiger partial charge in [0.25, 0.3) is 5.56 Å². The van der Waals surface area contributed by atoms with Crippen LogP contribution >= 0.6 is 22.7 Å². The lowest BCUT2D eigenvalue weighted by molar-refractivity contribution is -0.118. The molecular weight excluding hydrogens is 344 g/mol. The second kappa shape index (κ2) is 7.25. The highest BCUT2D eigenvalue weighted by Gasteiger charge is 2.15. The van der Waals surface area contributed by atoms with Gasteiger partial charge in [-0.25, -0.2) is 4.98 Å². The third-order valence-electron chi connectivity index (χ3n) is 3.61. The van der Waals surface area contributed by atoms with Gasteiger partial charge in [-0.3, -0.25) is 9.59 Å². The molecular formula is C16H18N4O2S2. The Morgan fingerprint density at radius 1 is 1.38 bits per heavy atom. The van der Waals surface area contributed by atoms with E-state index in [-0.39, 0.29) is 17.5 Å². The van der Waals surface area contributed by atoms with Gasteiger partial charge in [0, 0.05) is 35.8 Å². The van der Waals surface area contributed by atoms with Crippen LogP contribution in [0, 0.1) is 0 Å². The van der Waals surface area contributed by atoms with Crippen molar-refractivity contribution >= 4 is 38.8 Å². The second-order valence-electron chi connectivity index (χ2n) is 5.42. The first-order chi connectivity index (χ1) is 11.6. The van der Waals surface area contributed by atoms with Gasteiger partial charge in [0.05, 0.1) is 11.4 Å². The highest BCUT2D eigenvalue weighted by Crippen LogP contribution is 2.33. The second-order valence-corrected chi connectivity index (χ2v) is 7.22. The van der Waals surface area contributed by atoms with E-state index < -0.39 is 0 Å². The molecule has 0 aliphatic carbocycles. The van der Waals surface area contributed by atoms with E-state index in [0.717, 1.165) is 15.3 Å². The van der Waals surface area contributed by atoms with Crippen molar-refractivity contribution in [3.05, 3.63) is 39.1 Å². The van der Waals surface area contributed by atoms with Crippen molar-refractivity contribution in [3.63, 3.8) is 0 Å². The van der Waals surface area contributed by atoms with Gasteiger partial charge in [-0.15, -0.1) is 22.7 Å². The number of rotatable bonds is 6. The van der Waals surface area contributed by atoms with Gasteiger partial charge in [0.1, 0.15) is 10.7 Å². The van der Waals surface area contributed by atoms with E-state index in [4.69, 9.17) is 0 Å². The van der Waals surface area contributed by atoms with Crippen LogP contribution in [0.4, 0.5) is 0 Å². The fourth-order valence-corrected chi connectivity index (χ4v) is 4.18. The molecule has 3 rings (SSSR count). The Bertz CT molecular complexity index is 899. The number of carbonyl (C=O) groups excluding carboxylic acids is 1. The summed E-state index contributed by atoms with van der Waals surface area (Å²) in [4.78, 5) is 32.7. The molecule has 1 amide bonds. The Labute approximate surface area is 147 Å². The molecule has 0 fully saturated rings. The number of hydrogen-bond donors (Lipinski definition) is 3. The molecule has 0 saturated carbocycles. The number of amides is 1. The van der Waals surface area contributed by atoms with E-state index in [1.807, 2.05) is 29.8 Å². The molecule has 24 heavy (non-hydrogen) atoms. The summed E-state index contributed by atoms with van der Waals surface area (Å²) >= 11 is 3.09. The molecule has 3 N–H and O–H groups in total. The van der Waals surface area contributed by atoms with Gasteiger partial charge >= 0.3 is 0 Å². The summed E-state index contributed by atoms with van der Waals surface area (Å²) in [6.07, 6.45) is 0. The number of H-pyrrole nitrogens is 1. The summed E-state index contributed by atoms with van der Waals surface area (Å²) < 4.78 is 0. The van der Waals surface area contributed by atoms with Crippen LogP contribution in [0.3, 0.4) is 0 Å². The zero-order valence-corrected chi connectivity index (χ0v) is 15.0. The van der Waals surface area contributed by atoms with Crippen molar-refractivity contribution in [3.8, 4) is 10.4 Å². The molecule has 0 aromatic carbocycles. The van der Waals surface area contributed by atoms with Crippen molar-refractivity contribution in [2.24, 2.45) is 0 Å². The average molecular weight is 362 g/mol. The maximum atomic E-state index is 12.5. The molecule has 0 radical (unpaired) electrons. The monoisotopic (exact) mass is 362 g/mol. The summed E-state index contributed by atoms with van der Waals surface area (Å²) in [5.41, 5.74) is 0.826. The quantitative estimate of drug-likeness (QED) is 0.588. The third kappa shape index (κ3) is 3.55. The largest absolute Gasteiger partial charge is 0.355 e. The standard InChI is InChI=1S/C16H18N4O2S2/c1-9(17-5-6-18-10(2)21)14-19-15(22)13-11(8-24-16(13)20-14)12-4-3-7-23-12/h3-4,7-9,17H,5-6H2,1-2H3,(H,18,21)(H,19,20,22)/t9-/m1/s1. The molecule has 0 bridgehead atoms. The smallest absolute Gasteiger partial charge is 0.260 e. The molecule has 0 aliphatic rings. The maximum Gasteiger partial charge on any atom is 0.260 e. The molecule has 8 heteroatoms. The first-order valence-corrected chi connectivity index (χ1v) is 9.35. The fraction of sp³-hybridized carbons (Fsp3) is 0.312. The molecule has 126 valence electrons. The summed E-state index contributed by atoms with van der Waals surface area (Å²) in [7, 11) is 0. The minimum absolute atomic E-state index is 0.0582. The minimum Gasteiger partial charge on any atom is -0.355 e. The number of nitrogens with one attached hydrogen (secondary N) is 3. The van der Waals surface area contributed by atoms with Crippen molar-refractivity contribution in [1.29, 1.82) is 0 Å². The Hall–Kier alpha value is -2.03. The molecule has 3 aromatic rings. The van der Waals surface area contributed by atoms with Crippen molar-refractivity contribution in [1.82, 2.24) is 20.6 Å². The van der Waals surface area contributed by atoms with Gasteiger partial charge < -0.3 is 15.6 Å². The van der Waals surface area contributed by atoms with Gasteiger partial charge in [-0.2, -0.15) is 0 Å². The average Bonchev–Trinajstić information content (AvgIpc) is 3.19. The molecule has 0 saturated heterocycles. The molecule has 0 aliphatic heterocycles. The van der Waals surface area contributed by atoms with Crippen LogP contribution in [0.2, 0.25) is 0 Å². The lowest BCUT2D eigenvalue weighted by Gasteiger charge is -2.13. The van der Waals surface area contributed by atoms with Crippen LogP contribution in [-0.4, -0.2) is 29.0 Å². The van der Waals surface area contributed by atoms with Gasteiger partial charge in [0.2, 0.25) is 5.91 Å². The van der Waals surface area contributed by atoms with E-state index in [1.165, 1.54) is 18.3 Å². The fourth-order valence-electron chi connectivity index (χ4n) is 2.41. The predicted octanol–water partition coefficient (Wildman–Crippen LogP) is 2.50. The SMILES string of the molecule is CC(=O)NCCN[C@H](C)c1nc2scc(-c3cccs3)c2c(=O)[nH]1. The molecule has 0 spiro atoms. The molecule has 3 heterocycles. The number of nitrogens with zero attached hydrogens (tertiary/aromatic N) is 1. The van der Waals surface area contributed by atoms with Crippen molar-refractivity contribution in [2.75, 3.05) is 13.1 Å². The Morgan fingerprint density at radius 3 is 2.92 bits per heavy atom. The number of hydrogen-bond acceptors (Lipinski definition) is 6. The molecule has 6 nitrogen and oxygen atoms in total. The summed E-state index contributed by atoms with van der Waals surface area (Å²) in [5, 5.41) is 10.6. The van der Waals surface area contributed by atoms with Crippen LogP contribution in [-0.2, 0) is 4.79 Å². The zero-order valence-electron chi connectivity index (χ0n) is 13.4. The van der Waals surface area contributed by atoms with Gasteiger partial charge in [-0.1, -0.05) is 6.07 Å². The minimum atomic E-state index is -0.116. The van der Waals surface area contributed by atoms with Crippen LogP contribution in [0.1, 0.15) is 25.7 Å². The molecule has 0 unspecified atom stereocenters. The summed E-state index contributed by atoms with van der Waals surface area (Å²) in [6.45, 7) is 4.56. The Balaban J connectivity index is 1.81. The molecule has 1 atom stereocenters. The van der Waals surface area contributed by atoms with E-state index in [0.29, 0.717) is 24.3 Å². The number of aromatic nitrogens is 2. The van der Waals surface area contributed by atoms with E-state index in [1.54, 1.807) is 11.3 Å². The Kier molecular flexibility index (Phi) is 5.08.